The summed E-state index contributed by atoms with van der Waals surface area (Å²) in [4.78, 5) is 4.03. The highest BCUT2D eigenvalue weighted by Gasteiger charge is 2.22. The van der Waals surface area contributed by atoms with Crippen molar-refractivity contribution in [3.05, 3.63) is 17.3 Å². The number of nitrogens with one attached hydrogen (secondary N) is 2. The van der Waals surface area contributed by atoms with Crippen molar-refractivity contribution in [1.29, 1.82) is 0 Å². The number of nitrogens with two attached hydrogens (primary N) is 1. The number of anilines is 2. The zero-order chi connectivity index (χ0) is 14.0. The number of sulfonamides is 1. The molecule has 0 amide bonds. The highest BCUT2D eigenvalue weighted by atomic mass is 35.5. The number of hydrogen-bond acceptors (Lipinski definition) is 5. The lowest BCUT2D eigenvalue weighted by Gasteiger charge is -2.25. The smallest absolute Gasteiger partial charge is 0.209 e. The molecule has 0 aliphatic carbocycles. The molecule has 6 nitrogen and oxygen atoms in total. The molecule has 0 atom stereocenters. The second kappa shape index (κ2) is 5.29. The highest BCUT2D eigenvalue weighted by molar-refractivity contribution is 7.88. The maximum atomic E-state index is 11.2. The first-order valence-electron chi connectivity index (χ1n) is 5.23. The van der Waals surface area contributed by atoms with Gasteiger partial charge in [-0.25, -0.2) is 18.1 Å². The molecule has 0 saturated heterocycles. The van der Waals surface area contributed by atoms with Crippen LogP contribution in [-0.4, -0.2) is 31.7 Å². The minimum Gasteiger partial charge on any atom is -0.397 e. The Morgan fingerprint density at radius 3 is 2.61 bits per heavy atom. The summed E-state index contributed by atoms with van der Waals surface area (Å²) in [5.74, 6) is 0.467. The van der Waals surface area contributed by atoms with Crippen molar-refractivity contribution in [2.75, 3.05) is 23.9 Å². The molecule has 0 fully saturated rings. The average Bonchev–Trinajstić information content (AvgIpc) is 2.12. The Balaban J connectivity index is 2.70. The summed E-state index contributed by atoms with van der Waals surface area (Å²) in [6, 6.07) is 1.58. The molecule has 0 bridgehead atoms. The maximum Gasteiger partial charge on any atom is 0.209 e. The lowest BCUT2D eigenvalue weighted by molar-refractivity contribution is 0.476. The van der Waals surface area contributed by atoms with Gasteiger partial charge in [0.25, 0.3) is 0 Å². The predicted octanol–water partition coefficient (Wildman–Crippen LogP) is 1.06. The second-order valence-corrected chi connectivity index (χ2v) is 6.87. The number of aromatic nitrogens is 1. The van der Waals surface area contributed by atoms with Gasteiger partial charge in [0, 0.05) is 12.1 Å². The zero-order valence-corrected chi connectivity index (χ0v) is 12.1. The van der Waals surface area contributed by atoms with Gasteiger partial charge in [0.05, 0.1) is 23.2 Å². The van der Waals surface area contributed by atoms with E-state index in [1.54, 1.807) is 19.9 Å². The van der Waals surface area contributed by atoms with Crippen molar-refractivity contribution in [3.8, 4) is 0 Å². The third kappa shape index (κ3) is 5.07. The van der Waals surface area contributed by atoms with Gasteiger partial charge >= 0.3 is 0 Å². The van der Waals surface area contributed by atoms with E-state index in [4.69, 9.17) is 17.3 Å². The van der Waals surface area contributed by atoms with Gasteiger partial charge in [-0.1, -0.05) is 11.6 Å². The van der Waals surface area contributed by atoms with Crippen LogP contribution in [0.3, 0.4) is 0 Å². The van der Waals surface area contributed by atoms with E-state index in [0.29, 0.717) is 23.1 Å². The summed E-state index contributed by atoms with van der Waals surface area (Å²) in [5, 5.41) is 3.37. The fourth-order valence-corrected chi connectivity index (χ4v) is 2.74. The first kappa shape index (κ1) is 15.0. The third-order valence-electron chi connectivity index (χ3n) is 2.02. The molecular formula is C10H17ClN4O2S. The van der Waals surface area contributed by atoms with Crippen LogP contribution in [0, 0.1) is 0 Å². The van der Waals surface area contributed by atoms with Gasteiger partial charge in [-0.3, -0.25) is 0 Å². The van der Waals surface area contributed by atoms with Crippen LogP contribution < -0.4 is 15.8 Å². The van der Waals surface area contributed by atoms with E-state index in [-0.39, 0.29) is 0 Å². The Morgan fingerprint density at radius 1 is 1.50 bits per heavy atom. The van der Waals surface area contributed by atoms with Crippen LogP contribution in [0.4, 0.5) is 11.5 Å². The van der Waals surface area contributed by atoms with Crippen LogP contribution >= 0.6 is 11.6 Å². The Labute approximate surface area is 112 Å². The Hall–Kier alpha value is -1.05. The van der Waals surface area contributed by atoms with Gasteiger partial charge < -0.3 is 11.1 Å². The zero-order valence-electron chi connectivity index (χ0n) is 10.5. The van der Waals surface area contributed by atoms with E-state index < -0.39 is 15.6 Å². The molecule has 1 rings (SSSR count). The standard InChI is InChI=1S/C10H17ClN4O2S/c1-10(2,15-18(3,16)17)6-14-9-8(11)4-7(12)5-13-9/h4-5,15H,6,12H2,1-3H3,(H,13,14). The summed E-state index contributed by atoms with van der Waals surface area (Å²) in [5.41, 5.74) is 5.34. The molecule has 0 unspecified atom stereocenters. The average molecular weight is 293 g/mol. The number of halogens is 1. The van der Waals surface area contributed by atoms with Crippen LogP contribution in [0.25, 0.3) is 0 Å². The van der Waals surface area contributed by atoms with Crippen molar-refractivity contribution in [2.24, 2.45) is 0 Å². The minimum absolute atomic E-state index is 0.344. The Bertz CT molecular complexity index is 531. The normalized spacial score (nSPS) is 12.4. The number of hydrogen-bond donors (Lipinski definition) is 3. The molecular weight excluding hydrogens is 276 g/mol. The second-order valence-electron chi connectivity index (χ2n) is 4.71. The number of nitrogens with zero attached hydrogens (tertiary/aromatic N) is 1. The molecule has 0 aliphatic heterocycles. The van der Waals surface area contributed by atoms with E-state index in [0.717, 1.165) is 6.26 Å². The molecule has 18 heavy (non-hydrogen) atoms. The largest absolute Gasteiger partial charge is 0.397 e. The van der Waals surface area contributed by atoms with Crippen LogP contribution in [0.2, 0.25) is 5.02 Å². The van der Waals surface area contributed by atoms with Gasteiger partial charge in [0.15, 0.2) is 0 Å². The molecule has 4 N–H and O–H groups in total. The molecule has 0 saturated carbocycles. The van der Waals surface area contributed by atoms with Crippen molar-refractivity contribution in [3.63, 3.8) is 0 Å². The Morgan fingerprint density at radius 2 is 2.11 bits per heavy atom. The molecule has 0 spiro atoms. The van der Waals surface area contributed by atoms with Gasteiger partial charge in [-0.15, -0.1) is 0 Å². The fourth-order valence-electron chi connectivity index (χ4n) is 1.43. The summed E-state index contributed by atoms with van der Waals surface area (Å²) in [6.45, 7) is 3.86. The quantitative estimate of drug-likeness (QED) is 0.754. The molecule has 0 aromatic carbocycles. The lowest BCUT2D eigenvalue weighted by Crippen LogP contribution is -2.47. The van der Waals surface area contributed by atoms with Gasteiger partial charge in [0.1, 0.15) is 5.82 Å². The van der Waals surface area contributed by atoms with Gasteiger partial charge in [-0.2, -0.15) is 0 Å². The molecule has 0 aliphatic rings. The van der Waals surface area contributed by atoms with E-state index in [1.165, 1.54) is 6.20 Å². The number of nitrogen functional groups attached to an aromatic ring is 1. The van der Waals surface area contributed by atoms with Gasteiger partial charge in [-0.05, 0) is 19.9 Å². The van der Waals surface area contributed by atoms with Crippen molar-refractivity contribution in [1.82, 2.24) is 9.71 Å². The molecule has 8 heteroatoms. The maximum absolute atomic E-state index is 11.2. The lowest BCUT2D eigenvalue weighted by atomic mass is 10.1. The summed E-state index contributed by atoms with van der Waals surface area (Å²) < 4.78 is 24.9. The van der Waals surface area contributed by atoms with E-state index >= 15 is 0 Å². The number of pyridine rings is 1. The van der Waals surface area contributed by atoms with Crippen molar-refractivity contribution in [2.45, 2.75) is 19.4 Å². The minimum atomic E-state index is -3.27. The Kier molecular flexibility index (Phi) is 4.41. The first-order valence-corrected chi connectivity index (χ1v) is 7.50. The van der Waals surface area contributed by atoms with E-state index in [1.807, 2.05) is 0 Å². The van der Waals surface area contributed by atoms with E-state index in [9.17, 15) is 8.42 Å². The summed E-state index contributed by atoms with van der Waals surface area (Å²) in [7, 11) is -3.27. The van der Waals surface area contributed by atoms with Gasteiger partial charge in [0.2, 0.25) is 10.0 Å². The highest BCUT2D eigenvalue weighted by Crippen LogP contribution is 2.21. The van der Waals surface area contributed by atoms with Crippen LogP contribution in [0.15, 0.2) is 12.3 Å². The van der Waals surface area contributed by atoms with Crippen molar-refractivity contribution < 1.29 is 8.42 Å². The fraction of sp³-hybridized carbons (Fsp3) is 0.500. The summed E-state index contributed by atoms with van der Waals surface area (Å²) >= 11 is 5.95. The van der Waals surface area contributed by atoms with Crippen LogP contribution in [0.1, 0.15) is 13.8 Å². The summed E-state index contributed by atoms with van der Waals surface area (Å²) in [6.07, 6.45) is 2.59. The van der Waals surface area contributed by atoms with E-state index in [2.05, 4.69) is 15.0 Å². The predicted molar refractivity (Wildman–Crippen MR) is 74.2 cm³/mol. The van der Waals surface area contributed by atoms with Crippen molar-refractivity contribution >= 4 is 33.1 Å². The van der Waals surface area contributed by atoms with Crippen LogP contribution in [0.5, 0.6) is 0 Å². The molecule has 0 radical (unpaired) electrons. The third-order valence-corrected chi connectivity index (χ3v) is 3.23. The topological polar surface area (TPSA) is 97.1 Å². The molecule has 1 aromatic heterocycles. The molecule has 1 heterocycles. The SMILES string of the molecule is CC(C)(CNc1ncc(N)cc1Cl)NS(C)(=O)=O. The molecule has 1 aromatic rings. The monoisotopic (exact) mass is 292 g/mol. The van der Waals surface area contributed by atoms with Crippen LogP contribution in [-0.2, 0) is 10.0 Å². The number of rotatable bonds is 5. The first-order chi connectivity index (χ1) is 8.09. The molecule has 102 valence electrons.